The molecule has 1 unspecified atom stereocenters. The molecular formula is C18H22N2O. The molecule has 21 heavy (non-hydrogen) atoms. The number of piperazine rings is 1. The predicted molar refractivity (Wildman–Crippen MR) is 87.0 cm³/mol. The summed E-state index contributed by atoms with van der Waals surface area (Å²) >= 11 is 0. The minimum absolute atomic E-state index is 0.385. The molecule has 1 aliphatic heterocycles. The molecule has 0 aromatic heterocycles. The standard InChI is InChI=1S/C18H22N2O/c1-2-21-17-10-6-9-16(13-17)20-12-11-19-18(14-20)15-7-4-3-5-8-15/h3-10,13,18-19H,2,11-12,14H2,1H3. The van der Waals surface area contributed by atoms with E-state index in [1.54, 1.807) is 0 Å². The second kappa shape index (κ2) is 6.64. The minimum atomic E-state index is 0.385. The van der Waals surface area contributed by atoms with E-state index in [1.165, 1.54) is 11.3 Å². The average molecular weight is 282 g/mol. The second-order valence-electron chi connectivity index (χ2n) is 5.29. The van der Waals surface area contributed by atoms with E-state index >= 15 is 0 Å². The van der Waals surface area contributed by atoms with Crippen LogP contribution in [-0.2, 0) is 0 Å². The number of benzene rings is 2. The van der Waals surface area contributed by atoms with Gasteiger partial charge in [-0.25, -0.2) is 0 Å². The molecule has 0 bridgehead atoms. The van der Waals surface area contributed by atoms with Gasteiger partial charge in [0.1, 0.15) is 5.75 Å². The largest absolute Gasteiger partial charge is 0.494 e. The molecular weight excluding hydrogens is 260 g/mol. The van der Waals surface area contributed by atoms with Gasteiger partial charge in [0.15, 0.2) is 0 Å². The number of ether oxygens (including phenoxy) is 1. The molecule has 1 atom stereocenters. The summed E-state index contributed by atoms with van der Waals surface area (Å²) in [5, 5.41) is 3.60. The van der Waals surface area contributed by atoms with Crippen LogP contribution in [0.25, 0.3) is 0 Å². The first-order valence-corrected chi connectivity index (χ1v) is 7.63. The lowest BCUT2D eigenvalue weighted by molar-refractivity contribution is 0.340. The van der Waals surface area contributed by atoms with Crippen molar-refractivity contribution in [2.45, 2.75) is 13.0 Å². The number of rotatable bonds is 4. The zero-order valence-electron chi connectivity index (χ0n) is 12.5. The van der Waals surface area contributed by atoms with Gasteiger partial charge in [-0.15, -0.1) is 0 Å². The molecule has 0 spiro atoms. The van der Waals surface area contributed by atoms with E-state index < -0.39 is 0 Å². The Bertz CT molecular complexity index is 570. The van der Waals surface area contributed by atoms with Gasteiger partial charge in [-0.2, -0.15) is 0 Å². The number of hydrogen-bond acceptors (Lipinski definition) is 3. The highest BCUT2D eigenvalue weighted by atomic mass is 16.5. The van der Waals surface area contributed by atoms with Gasteiger partial charge in [-0.1, -0.05) is 36.4 Å². The van der Waals surface area contributed by atoms with Crippen molar-refractivity contribution in [3.63, 3.8) is 0 Å². The molecule has 2 aromatic rings. The van der Waals surface area contributed by atoms with Crippen LogP contribution in [-0.4, -0.2) is 26.2 Å². The molecule has 0 radical (unpaired) electrons. The Hall–Kier alpha value is -2.00. The van der Waals surface area contributed by atoms with Crippen LogP contribution in [0.15, 0.2) is 54.6 Å². The lowest BCUT2D eigenvalue weighted by Crippen LogP contribution is -2.45. The van der Waals surface area contributed by atoms with Crippen molar-refractivity contribution in [3.05, 3.63) is 60.2 Å². The first kappa shape index (κ1) is 14.0. The summed E-state index contributed by atoms with van der Waals surface area (Å²) in [5.74, 6) is 0.949. The van der Waals surface area contributed by atoms with E-state index in [4.69, 9.17) is 4.74 Å². The van der Waals surface area contributed by atoms with Crippen molar-refractivity contribution < 1.29 is 4.74 Å². The molecule has 1 heterocycles. The normalized spacial score (nSPS) is 18.5. The third-order valence-electron chi connectivity index (χ3n) is 3.87. The van der Waals surface area contributed by atoms with E-state index in [0.29, 0.717) is 12.6 Å². The second-order valence-corrected chi connectivity index (χ2v) is 5.29. The van der Waals surface area contributed by atoms with Gasteiger partial charge >= 0.3 is 0 Å². The first-order chi connectivity index (χ1) is 10.4. The van der Waals surface area contributed by atoms with Crippen LogP contribution in [0.2, 0.25) is 0 Å². The molecule has 0 saturated carbocycles. The van der Waals surface area contributed by atoms with Crippen LogP contribution in [0.5, 0.6) is 5.75 Å². The number of nitrogens with one attached hydrogen (secondary N) is 1. The van der Waals surface area contributed by atoms with Crippen molar-refractivity contribution in [1.82, 2.24) is 5.32 Å². The minimum Gasteiger partial charge on any atom is -0.494 e. The van der Waals surface area contributed by atoms with Crippen molar-refractivity contribution in [2.24, 2.45) is 0 Å². The number of nitrogens with zero attached hydrogens (tertiary/aromatic N) is 1. The SMILES string of the molecule is CCOc1cccc(N2CCNC(c3ccccc3)C2)c1. The lowest BCUT2D eigenvalue weighted by atomic mass is 10.0. The first-order valence-electron chi connectivity index (χ1n) is 7.63. The summed E-state index contributed by atoms with van der Waals surface area (Å²) in [7, 11) is 0. The van der Waals surface area contributed by atoms with E-state index in [1.807, 2.05) is 13.0 Å². The average Bonchev–Trinajstić information content (AvgIpc) is 2.56. The van der Waals surface area contributed by atoms with E-state index in [2.05, 4.69) is 58.7 Å². The molecule has 1 aliphatic rings. The highest BCUT2D eigenvalue weighted by molar-refractivity contribution is 5.51. The maximum absolute atomic E-state index is 5.61. The molecule has 0 amide bonds. The van der Waals surface area contributed by atoms with Gasteiger partial charge in [0.25, 0.3) is 0 Å². The molecule has 1 fully saturated rings. The molecule has 3 rings (SSSR count). The molecule has 3 heteroatoms. The van der Waals surface area contributed by atoms with Crippen molar-refractivity contribution >= 4 is 5.69 Å². The molecule has 1 N–H and O–H groups in total. The lowest BCUT2D eigenvalue weighted by Gasteiger charge is -2.35. The van der Waals surface area contributed by atoms with Crippen LogP contribution in [0.1, 0.15) is 18.5 Å². The zero-order chi connectivity index (χ0) is 14.5. The predicted octanol–water partition coefficient (Wildman–Crippen LogP) is 3.24. The van der Waals surface area contributed by atoms with Crippen molar-refractivity contribution in [3.8, 4) is 5.75 Å². The highest BCUT2D eigenvalue weighted by Crippen LogP contribution is 2.25. The zero-order valence-corrected chi connectivity index (χ0v) is 12.5. The van der Waals surface area contributed by atoms with Crippen LogP contribution < -0.4 is 15.0 Å². The van der Waals surface area contributed by atoms with Crippen LogP contribution >= 0.6 is 0 Å². The number of hydrogen-bond donors (Lipinski definition) is 1. The molecule has 1 saturated heterocycles. The highest BCUT2D eigenvalue weighted by Gasteiger charge is 2.20. The third-order valence-corrected chi connectivity index (χ3v) is 3.87. The van der Waals surface area contributed by atoms with Crippen LogP contribution in [0.4, 0.5) is 5.69 Å². The Kier molecular flexibility index (Phi) is 4.41. The molecule has 2 aromatic carbocycles. The molecule has 0 aliphatic carbocycles. The van der Waals surface area contributed by atoms with E-state index in [-0.39, 0.29) is 0 Å². The summed E-state index contributed by atoms with van der Waals surface area (Å²) in [5.41, 5.74) is 2.59. The van der Waals surface area contributed by atoms with Gasteiger partial charge in [-0.3, -0.25) is 0 Å². The fraction of sp³-hybridized carbons (Fsp3) is 0.333. The Morgan fingerprint density at radius 3 is 2.81 bits per heavy atom. The summed E-state index contributed by atoms with van der Waals surface area (Å²) in [6.07, 6.45) is 0. The Labute approximate surface area is 126 Å². The fourth-order valence-corrected chi connectivity index (χ4v) is 2.83. The maximum atomic E-state index is 5.61. The smallest absolute Gasteiger partial charge is 0.121 e. The van der Waals surface area contributed by atoms with Crippen LogP contribution in [0, 0.1) is 0 Å². The van der Waals surface area contributed by atoms with Crippen molar-refractivity contribution in [1.29, 1.82) is 0 Å². The summed E-state index contributed by atoms with van der Waals surface area (Å²) in [6, 6.07) is 19.4. The molecule has 110 valence electrons. The summed E-state index contributed by atoms with van der Waals surface area (Å²) in [4.78, 5) is 2.43. The van der Waals surface area contributed by atoms with Crippen LogP contribution in [0.3, 0.4) is 0 Å². The Balaban J connectivity index is 1.75. The Morgan fingerprint density at radius 2 is 2.00 bits per heavy atom. The van der Waals surface area contributed by atoms with E-state index in [9.17, 15) is 0 Å². The summed E-state index contributed by atoms with van der Waals surface area (Å²) in [6.45, 7) is 5.73. The van der Waals surface area contributed by atoms with Crippen molar-refractivity contribution in [2.75, 3.05) is 31.1 Å². The van der Waals surface area contributed by atoms with Gasteiger partial charge < -0.3 is 15.0 Å². The third kappa shape index (κ3) is 3.37. The maximum Gasteiger partial charge on any atom is 0.121 e. The van der Waals surface area contributed by atoms with Gasteiger partial charge in [0.05, 0.1) is 6.61 Å². The van der Waals surface area contributed by atoms with Gasteiger partial charge in [0.2, 0.25) is 0 Å². The van der Waals surface area contributed by atoms with Gasteiger partial charge in [-0.05, 0) is 24.6 Å². The Morgan fingerprint density at radius 1 is 1.14 bits per heavy atom. The monoisotopic (exact) mass is 282 g/mol. The van der Waals surface area contributed by atoms with Gasteiger partial charge in [0, 0.05) is 37.4 Å². The summed E-state index contributed by atoms with van der Waals surface area (Å²) < 4.78 is 5.61. The van der Waals surface area contributed by atoms with E-state index in [0.717, 1.165) is 25.4 Å². The fourth-order valence-electron chi connectivity index (χ4n) is 2.83. The topological polar surface area (TPSA) is 24.5 Å². The number of anilines is 1. The quantitative estimate of drug-likeness (QED) is 0.931. The molecule has 3 nitrogen and oxygen atoms in total.